The summed E-state index contributed by atoms with van der Waals surface area (Å²) >= 11 is 8.21. The molecule has 260 valence electrons. The number of halogens is 1. The van der Waals surface area contributed by atoms with Gasteiger partial charge in [0.25, 0.3) is 0 Å². The van der Waals surface area contributed by atoms with Crippen LogP contribution in [0.2, 0.25) is 0 Å². The van der Waals surface area contributed by atoms with Gasteiger partial charge in [-0.2, -0.15) is 9.84 Å². The van der Waals surface area contributed by atoms with Crippen LogP contribution in [0.15, 0.2) is 175 Å². The molecule has 0 saturated carbocycles. The summed E-state index contributed by atoms with van der Waals surface area (Å²) in [5, 5.41) is 11.9. The van der Waals surface area contributed by atoms with Crippen molar-refractivity contribution in [1.29, 1.82) is 5.26 Å². The van der Waals surface area contributed by atoms with Crippen LogP contribution < -0.4 is 9.80 Å². The third-order valence-electron chi connectivity index (χ3n) is 9.43. The molecule has 0 bridgehead atoms. The van der Waals surface area contributed by atoms with Gasteiger partial charge in [0, 0.05) is 70.5 Å². The highest BCUT2D eigenvalue weighted by atomic mass is 35.5. The Morgan fingerprint density at radius 1 is 0.642 bits per heavy atom. The van der Waals surface area contributed by atoms with E-state index < -0.39 is 0 Å². The van der Waals surface area contributed by atoms with Crippen LogP contribution in [0.1, 0.15) is 29.9 Å². The highest BCUT2D eigenvalue weighted by Crippen LogP contribution is 2.49. The molecule has 0 saturated heterocycles. The minimum Gasteiger partial charge on any atom is -0.342 e. The summed E-state index contributed by atoms with van der Waals surface area (Å²) in [6, 6.07) is 53.2. The molecule has 0 atom stereocenters. The molecule has 0 aliphatic heterocycles. The molecule has 0 fully saturated rings. The number of alkyl halides is 1. The first-order valence-corrected chi connectivity index (χ1v) is 19.2. The zero-order chi connectivity index (χ0) is 36.6. The Labute approximate surface area is 321 Å². The van der Waals surface area contributed by atoms with Crippen LogP contribution in [-0.2, 0) is 0 Å². The number of nitrogens with zero attached hydrogens (tertiary/aromatic N) is 4. The van der Waals surface area contributed by atoms with Crippen LogP contribution >= 0.6 is 22.9 Å². The molecule has 0 unspecified atom stereocenters. The molecule has 1 aliphatic carbocycles. The number of thiophene rings is 1. The van der Waals surface area contributed by atoms with Gasteiger partial charge in [0.2, 0.25) is 17.4 Å². The standard InChI is InChI=1S/C47H40ClN4S/c1-3-50(38-19-11-6-12-20-38)41-29-25-36(26-30-41)44(37-27-31-42(32-28-37)52(34-48)40-23-15-8-16-24-40)46-45(35-17-9-5-10-18-35)43(33-49)47(53-46)51(4-2)39-21-13-7-14-22-39/h5-32H,3-4,34H2,1-2H3/q+1. The van der Waals surface area contributed by atoms with Crippen molar-refractivity contribution in [2.45, 2.75) is 13.8 Å². The van der Waals surface area contributed by atoms with Gasteiger partial charge in [0.15, 0.2) is 0 Å². The fourth-order valence-electron chi connectivity index (χ4n) is 6.88. The Kier molecular flexibility index (Phi) is 11.1. The molecule has 53 heavy (non-hydrogen) atoms. The van der Waals surface area contributed by atoms with Gasteiger partial charge in [-0.05, 0) is 79.1 Å². The monoisotopic (exact) mass is 727 g/mol. The second kappa shape index (κ2) is 16.6. The number of para-hydroxylation sites is 3. The number of anilines is 4. The molecule has 1 aromatic heterocycles. The molecule has 1 aliphatic rings. The maximum absolute atomic E-state index is 11.0. The van der Waals surface area contributed by atoms with E-state index in [0.717, 1.165) is 72.7 Å². The minimum absolute atomic E-state index is 0.320. The molecule has 4 nitrogen and oxygen atoms in total. The molecular weight excluding hydrogens is 688 g/mol. The van der Waals surface area contributed by atoms with Gasteiger partial charge in [-0.3, -0.25) is 0 Å². The molecule has 0 N–H and O–H groups in total. The predicted octanol–water partition coefficient (Wildman–Crippen LogP) is 12.5. The van der Waals surface area contributed by atoms with E-state index >= 15 is 0 Å². The van der Waals surface area contributed by atoms with E-state index in [1.54, 1.807) is 11.3 Å². The lowest BCUT2D eigenvalue weighted by atomic mass is 9.90. The van der Waals surface area contributed by atoms with E-state index in [1.807, 2.05) is 60.7 Å². The van der Waals surface area contributed by atoms with E-state index in [2.05, 4.69) is 144 Å². The first kappa shape index (κ1) is 35.5. The Bertz CT molecular complexity index is 2320. The van der Waals surface area contributed by atoms with Crippen molar-refractivity contribution in [3.8, 4) is 17.2 Å². The van der Waals surface area contributed by atoms with Crippen LogP contribution in [-0.4, -0.2) is 29.4 Å². The Morgan fingerprint density at radius 2 is 1.15 bits per heavy atom. The number of hydrogen-bond acceptors (Lipinski definition) is 4. The molecule has 6 heteroatoms. The van der Waals surface area contributed by atoms with E-state index in [0.29, 0.717) is 18.1 Å². The number of benzene rings is 5. The number of hydrogen-bond donors (Lipinski definition) is 0. The summed E-state index contributed by atoms with van der Waals surface area (Å²) in [6.07, 6.45) is 8.63. The van der Waals surface area contributed by atoms with Crippen molar-refractivity contribution in [1.82, 2.24) is 0 Å². The zero-order valence-corrected chi connectivity index (χ0v) is 31.4. The molecule has 7 rings (SSSR count). The molecule has 0 amide bonds. The van der Waals surface area contributed by atoms with Gasteiger partial charge in [0.1, 0.15) is 11.1 Å². The molecule has 6 aromatic rings. The largest absolute Gasteiger partial charge is 0.342 e. The fourth-order valence-corrected chi connectivity index (χ4v) is 8.61. The minimum atomic E-state index is 0.320. The van der Waals surface area contributed by atoms with Crippen molar-refractivity contribution in [3.63, 3.8) is 0 Å². The second-order valence-electron chi connectivity index (χ2n) is 12.5. The summed E-state index contributed by atoms with van der Waals surface area (Å²) < 4.78 is 2.09. The van der Waals surface area contributed by atoms with Crippen LogP contribution in [0, 0.1) is 11.3 Å². The van der Waals surface area contributed by atoms with Gasteiger partial charge in [-0.1, -0.05) is 109 Å². The maximum atomic E-state index is 11.0. The summed E-state index contributed by atoms with van der Waals surface area (Å²) in [5.41, 5.74) is 11.2. The molecule has 1 heterocycles. The van der Waals surface area contributed by atoms with Gasteiger partial charge in [-0.25, -0.2) is 0 Å². The quantitative estimate of drug-likeness (QED) is 0.0757. The second-order valence-corrected chi connectivity index (χ2v) is 13.7. The smallest absolute Gasteiger partial charge is 0.223 e. The van der Waals surface area contributed by atoms with Crippen molar-refractivity contribution >= 4 is 62.0 Å². The van der Waals surface area contributed by atoms with Crippen molar-refractivity contribution in [2.24, 2.45) is 0 Å². The lowest BCUT2D eigenvalue weighted by molar-refractivity contribution is -0.417. The molecule has 5 aromatic carbocycles. The average molecular weight is 728 g/mol. The topological polar surface area (TPSA) is 33.3 Å². The third kappa shape index (κ3) is 7.39. The van der Waals surface area contributed by atoms with Crippen molar-refractivity contribution < 1.29 is 4.58 Å². The van der Waals surface area contributed by atoms with Crippen LogP contribution in [0.5, 0.6) is 0 Å². The highest BCUT2D eigenvalue weighted by Gasteiger charge is 2.28. The van der Waals surface area contributed by atoms with Gasteiger partial charge < -0.3 is 9.80 Å². The summed E-state index contributed by atoms with van der Waals surface area (Å²) in [6.45, 7) is 5.86. The Morgan fingerprint density at radius 3 is 1.68 bits per heavy atom. The molecular formula is C47H40ClN4S+. The Hall–Kier alpha value is -5.93. The first-order valence-electron chi connectivity index (χ1n) is 17.9. The van der Waals surface area contributed by atoms with Gasteiger partial charge >= 0.3 is 0 Å². The van der Waals surface area contributed by atoms with Crippen molar-refractivity contribution in [2.75, 3.05) is 28.9 Å². The highest BCUT2D eigenvalue weighted by molar-refractivity contribution is 7.18. The van der Waals surface area contributed by atoms with Gasteiger partial charge in [0.05, 0.1) is 5.56 Å². The lowest BCUT2D eigenvalue weighted by Gasteiger charge is -2.24. The molecule has 0 radical (unpaired) electrons. The molecule has 0 spiro atoms. The average Bonchev–Trinajstić information content (AvgIpc) is 3.60. The van der Waals surface area contributed by atoms with E-state index in [9.17, 15) is 5.26 Å². The fraction of sp³-hybridized carbons (Fsp3) is 0.106. The van der Waals surface area contributed by atoms with Crippen molar-refractivity contribution in [3.05, 3.63) is 191 Å². The lowest BCUT2D eigenvalue weighted by Crippen LogP contribution is -2.15. The number of nitriles is 1. The van der Waals surface area contributed by atoms with Crippen LogP contribution in [0.3, 0.4) is 0 Å². The van der Waals surface area contributed by atoms with E-state index in [4.69, 9.17) is 11.6 Å². The number of allylic oxidation sites excluding steroid dienone is 5. The normalized spacial score (nSPS) is 12.0. The summed E-state index contributed by atoms with van der Waals surface area (Å²) in [7, 11) is 0. The van der Waals surface area contributed by atoms with E-state index in [1.165, 1.54) is 0 Å². The Balaban J connectivity index is 1.46. The maximum Gasteiger partial charge on any atom is 0.223 e. The number of rotatable bonds is 11. The van der Waals surface area contributed by atoms with Gasteiger partial charge in [-0.15, -0.1) is 11.3 Å². The van der Waals surface area contributed by atoms with Crippen LogP contribution in [0.4, 0.5) is 27.8 Å². The van der Waals surface area contributed by atoms with Crippen LogP contribution in [0.25, 0.3) is 16.7 Å². The van der Waals surface area contributed by atoms with E-state index in [-0.39, 0.29) is 0 Å². The predicted molar refractivity (Wildman–Crippen MR) is 226 cm³/mol. The first-order chi connectivity index (χ1) is 26.1. The SMILES string of the molecule is CCN(c1ccccc1)c1ccc(C(=C2C=CC(=[N+](CCl)c3ccccc3)C=C2)c2sc(N(CC)c3ccccc3)c(C#N)c2-c2ccccc2)cc1. The zero-order valence-electron chi connectivity index (χ0n) is 29.9. The third-order valence-corrected chi connectivity index (χ3v) is 10.9. The summed E-state index contributed by atoms with van der Waals surface area (Å²) in [5.74, 6) is 0. The summed E-state index contributed by atoms with van der Waals surface area (Å²) in [4.78, 5) is 5.61.